The molecule has 0 heterocycles. The minimum Gasteiger partial charge on any atom is -0.313 e. The number of nitrogens with one attached hydrogen (secondary N) is 1. The Morgan fingerprint density at radius 3 is 2.53 bits per heavy atom. The van der Waals surface area contributed by atoms with Crippen molar-refractivity contribution in [2.24, 2.45) is 5.92 Å². The Labute approximate surface area is 101 Å². The molecule has 1 aromatic carbocycles. The first-order chi connectivity index (χ1) is 8.08. The van der Waals surface area contributed by atoms with Gasteiger partial charge in [0.1, 0.15) is 11.6 Å². The second-order valence-corrected chi connectivity index (χ2v) is 5.20. The number of hydrogen-bond acceptors (Lipinski definition) is 1. The molecule has 1 nitrogen and oxygen atoms in total. The van der Waals surface area contributed by atoms with Gasteiger partial charge in [0.2, 0.25) is 0 Å². The topological polar surface area (TPSA) is 12.0 Å². The Balaban J connectivity index is 2.12. The van der Waals surface area contributed by atoms with E-state index in [9.17, 15) is 8.78 Å². The minimum absolute atomic E-state index is 0.108. The van der Waals surface area contributed by atoms with Gasteiger partial charge in [-0.2, -0.15) is 0 Å². The summed E-state index contributed by atoms with van der Waals surface area (Å²) in [7, 11) is 0. The van der Waals surface area contributed by atoms with E-state index < -0.39 is 11.6 Å². The summed E-state index contributed by atoms with van der Waals surface area (Å²) >= 11 is 0. The predicted molar refractivity (Wildman–Crippen MR) is 65.0 cm³/mol. The number of benzene rings is 1. The van der Waals surface area contributed by atoms with Crippen molar-refractivity contribution in [2.45, 2.75) is 38.6 Å². The molecule has 3 heteroatoms. The highest BCUT2D eigenvalue weighted by Crippen LogP contribution is 2.28. The first-order valence-electron chi connectivity index (χ1n) is 6.26. The lowest BCUT2D eigenvalue weighted by Gasteiger charge is -2.22. The summed E-state index contributed by atoms with van der Waals surface area (Å²) in [5.74, 6) is -0.498. The molecule has 1 atom stereocenters. The molecular formula is C14H19F2N. The monoisotopic (exact) mass is 239 g/mol. The van der Waals surface area contributed by atoms with E-state index in [-0.39, 0.29) is 5.92 Å². The zero-order chi connectivity index (χ0) is 12.4. The van der Waals surface area contributed by atoms with E-state index in [1.165, 1.54) is 18.9 Å². The average molecular weight is 239 g/mol. The summed E-state index contributed by atoms with van der Waals surface area (Å²) in [5.41, 5.74) is 0.620. The lowest BCUT2D eigenvalue weighted by atomic mass is 9.88. The zero-order valence-corrected chi connectivity index (χ0v) is 10.3. The standard InChI is InChI=1S/C14H19F2N/c1-9(2)13(8-17-11-4-5-11)12-6-3-10(15)7-14(12)16/h3,6-7,9,11,13,17H,4-5,8H2,1-2H3. The molecule has 1 aliphatic carbocycles. The molecule has 94 valence electrons. The van der Waals surface area contributed by atoms with E-state index in [4.69, 9.17) is 0 Å². The van der Waals surface area contributed by atoms with Crippen molar-refractivity contribution in [2.75, 3.05) is 6.54 Å². The molecule has 0 amide bonds. The third-order valence-electron chi connectivity index (χ3n) is 3.37. The highest BCUT2D eigenvalue weighted by molar-refractivity contribution is 5.23. The van der Waals surface area contributed by atoms with Crippen molar-refractivity contribution in [3.8, 4) is 0 Å². The van der Waals surface area contributed by atoms with E-state index >= 15 is 0 Å². The summed E-state index contributed by atoms with van der Waals surface area (Å²) in [5, 5.41) is 3.42. The SMILES string of the molecule is CC(C)C(CNC1CC1)c1ccc(F)cc1F. The van der Waals surface area contributed by atoms with Gasteiger partial charge in [0.15, 0.2) is 0 Å². The van der Waals surface area contributed by atoms with Crippen LogP contribution in [0.15, 0.2) is 18.2 Å². The molecule has 0 bridgehead atoms. The normalized spacial score (nSPS) is 17.5. The zero-order valence-electron chi connectivity index (χ0n) is 10.3. The third-order valence-corrected chi connectivity index (χ3v) is 3.37. The summed E-state index contributed by atoms with van der Waals surface area (Å²) in [6.07, 6.45) is 2.44. The fraction of sp³-hybridized carbons (Fsp3) is 0.571. The van der Waals surface area contributed by atoms with Crippen LogP contribution in [0.5, 0.6) is 0 Å². The maximum Gasteiger partial charge on any atom is 0.129 e. The summed E-state index contributed by atoms with van der Waals surface area (Å²) in [6.45, 7) is 4.91. The fourth-order valence-corrected chi connectivity index (χ4v) is 2.09. The van der Waals surface area contributed by atoms with E-state index in [0.717, 1.165) is 12.6 Å². The lowest BCUT2D eigenvalue weighted by Crippen LogP contribution is -2.27. The van der Waals surface area contributed by atoms with Gasteiger partial charge in [-0.1, -0.05) is 19.9 Å². The van der Waals surface area contributed by atoms with Crippen LogP contribution in [-0.2, 0) is 0 Å². The molecule has 17 heavy (non-hydrogen) atoms. The summed E-state index contributed by atoms with van der Waals surface area (Å²) in [4.78, 5) is 0. The predicted octanol–water partition coefficient (Wildman–Crippen LogP) is 3.46. The second kappa shape index (κ2) is 5.13. The van der Waals surface area contributed by atoms with Gasteiger partial charge >= 0.3 is 0 Å². The van der Waals surface area contributed by atoms with Crippen molar-refractivity contribution < 1.29 is 8.78 Å². The molecule has 0 spiro atoms. The first kappa shape index (κ1) is 12.5. The highest BCUT2D eigenvalue weighted by atomic mass is 19.1. The van der Waals surface area contributed by atoms with Gasteiger partial charge < -0.3 is 5.32 Å². The van der Waals surface area contributed by atoms with Crippen LogP contribution in [0, 0.1) is 17.6 Å². The van der Waals surface area contributed by atoms with Crippen LogP contribution < -0.4 is 5.32 Å². The van der Waals surface area contributed by atoms with Crippen LogP contribution in [0.25, 0.3) is 0 Å². The van der Waals surface area contributed by atoms with Gasteiger partial charge in [0, 0.05) is 24.6 Å². The van der Waals surface area contributed by atoms with Crippen molar-refractivity contribution in [1.82, 2.24) is 5.32 Å². The molecule has 0 aliphatic heterocycles. The summed E-state index contributed by atoms with van der Waals surface area (Å²) in [6, 6.07) is 4.50. The van der Waals surface area contributed by atoms with Crippen LogP contribution >= 0.6 is 0 Å². The van der Waals surface area contributed by atoms with Crippen LogP contribution in [0.4, 0.5) is 8.78 Å². The number of rotatable bonds is 5. The molecule has 0 aromatic heterocycles. The van der Waals surface area contributed by atoms with E-state index in [2.05, 4.69) is 19.2 Å². The Morgan fingerprint density at radius 2 is 2.00 bits per heavy atom. The molecule has 1 fully saturated rings. The van der Waals surface area contributed by atoms with Crippen molar-refractivity contribution in [1.29, 1.82) is 0 Å². The molecule has 1 unspecified atom stereocenters. The van der Waals surface area contributed by atoms with Gasteiger partial charge in [0.25, 0.3) is 0 Å². The molecule has 2 rings (SSSR count). The maximum atomic E-state index is 13.7. The maximum absolute atomic E-state index is 13.7. The largest absolute Gasteiger partial charge is 0.313 e. The lowest BCUT2D eigenvalue weighted by molar-refractivity contribution is 0.440. The fourth-order valence-electron chi connectivity index (χ4n) is 2.09. The third kappa shape index (κ3) is 3.25. The summed E-state index contributed by atoms with van der Waals surface area (Å²) < 4.78 is 26.6. The van der Waals surface area contributed by atoms with Gasteiger partial charge in [-0.05, 0) is 30.4 Å². The van der Waals surface area contributed by atoms with Crippen LogP contribution in [-0.4, -0.2) is 12.6 Å². The van der Waals surface area contributed by atoms with E-state index in [1.54, 1.807) is 6.07 Å². The van der Waals surface area contributed by atoms with Gasteiger partial charge in [-0.15, -0.1) is 0 Å². The van der Waals surface area contributed by atoms with Crippen LogP contribution in [0.2, 0.25) is 0 Å². The Morgan fingerprint density at radius 1 is 1.29 bits per heavy atom. The number of halogens is 2. The Bertz CT molecular complexity index is 386. The number of hydrogen-bond donors (Lipinski definition) is 1. The van der Waals surface area contributed by atoms with E-state index in [0.29, 0.717) is 17.5 Å². The van der Waals surface area contributed by atoms with Crippen LogP contribution in [0.3, 0.4) is 0 Å². The molecule has 0 saturated heterocycles. The smallest absolute Gasteiger partial charge is 0.129 e. The quantitative estimate of drug-likeness (QED) is 0.829. The second-order valence-electron chi connectivity index (χ2n) is 5.20. The van der Waals surface area contributed by atoms with Gasteiger partial charge in [-0.25, -0.2) is 8.78 Å². The highest BCUT2D eigenvalue weighted by Gasteiger charge is 2.25. The Kier molecular flexibility index (Phi) is 3.77. The van der Waals surface area contributed by atoms with Crippen molar-refractivity contribution >= 4 is 0 Å². The first-order valence-corrected chi connectivity index (χ1v) is 6.26. The molecule has 1 saturated carbocycles. The molecule has 0 radical (unpaired) electrons. The molecular weight excluding hydrogens is 220 g/mol. The Hall–Kier alpha value is -0.960. The molecule has 1 aromatic rings. The average Bonchev–Trinajstić information content (AvgIpc) is 3.04. The van der Waals surface area contributed by atoms with Gasteiger partial charge in [-0.3, -0.25) is 0 Å². The molecule has 1 N–H and O–H groups in total. The van der Waals surface area contributed by atoms with E-state index in [1.807, 2.05) is 0 Å². The van der Waals surface area contributed by atoms with Crippen molar-refractivity contribution in [3.63, 3.8) is 0 Å². The van der Waals surface area contributed by atoms with Gasteiger partial charge in [0.05, 0.1) is 0 Å². The van der Waals surface area contributed by atoms with Crippen LogP contribution in [0.1, 0.15) is 38.2 Å². The molecule has 1 aliphatic rings. The minimum atomic E-state index is -0.510. The van der Waals surface area contributed by atoms with Crippen molar-refractivity contribution in [3.05, 3.63) is 35.4 Å².